The second-order valence-electron chi connectivity index (χ2n) is 9.27. The summed E-state index contributed by atoms with van der Waals surface area (Å²) in [7, 11) is -2.02. The lowest BCUT2D eigenvalue weighted by atomic mass is 9.86. The first-order valence-electron chi connectivity index (χ1n) is 10.5. The van der Waals surface area contributed by atoms with Gasteiger partial charge in [0.25, 0.3) is 5.79 Å². The van der Waals surface area contributed by atoms with Crippen molar-refractivity contribution in [2.75, 3.05) is 0 Å². The Bertz CT molecular complexity index is 757. The number of hydrogen-bond acceptors (Lipinski definition) is 4. The van der Waals surface area contributed by atoms with Crippen molar-refractivity contribution in [3.8, 4) is 11.5 Å². The minimum atomic E-state index is -2.02. The molecule has 0 N–H and O–H groups in total. The summed E-state index contributed by atoms with van der Waals surface area (Å²) in [5.74, 6) is -0.654. The van der Waals surface area contributed by atoms with Gasteiger partial charge in [0.2, 0.25) is 0 Å². The van der Waals surface area contributed by atoms with Gasteiger partial charge in [-0.3, -0.25) is 9.59 Å². The smallest absolute Gasteiger partial charge is 0.325 e. The fraction of sp³-hybridized carbons (Fsp3) is 0.583. The van der Waals surface area contributed by atoms with Crippen LogP contribution in [0.25, 0.3) is 0 Å². The maximum Gasteiger partial charge on any atom is 0.325 e. The summed E-state index contributed by atoms with van der Waals surface area (Å²) in [5.41, 5.74) is 5.86. The van der Waals surface area contributed by atoms with Crippen LogP contribution in [-0.4, -0.2) is 25.8 Å². The van der Waals surface area contributed by atoms with Gasteiger partial charge in [-0.2, -0.15) is 0 Å². The van der Waals surface area contributed by atoms with Crippen LogP contribution in [0.2, 0.25) is 16.6 Å². The van der Waals surface area contributed by atoms with Crippen LogP contribution in [0.1, 0.15) is 66.9 Å². The van der Waals surface area contributed by atoms with Crippen LogP contribution < -0.4 is 0 Å². The summed E-state index contributed by atoms with van der Waals surface area (Å²) < 4.78 is 10.8. The van der Waals surface area contributed by atoms with Gasteiger partial charge in [-0.25, -0.2) is 0 Å². The Labute approximate surface area is 176 Å². The van der Waals surface area contributed by atoms with Crippen LogP contribution >= 0.6 is 0 Å². The van der Waals surface area contributed by atoms with E-state index in [1.54, 1.807) is 13.8 Å². The SMILES string of the molecule is CC(C)[Si](C#C[C@@H](c1ccccc1)C1C(=O)OC(C)(C)OC1=O)(C(C)C)C(C)C. The van der Waals surface area contributed by atoms with Crippen molar-refractivity contribution in [2.24, 2.45) is 5.92 Å². The molecule has 0 radical (unpaired) electrons. The Morgan fingerprint density at radius 1 is 0.862 bits per heavy atom. The van der Waals surface area contributed by atoms with E-state index in [0.29, 0.717) is 16.6 Å². The molecule has 1 saturated heterocycles. The van der Waals surface area contributed by atoms with Gasteiger partial charge in [0.1, 0.15) is 8.07 Å². The number of cyclic esters (lactones) is 2. The van der Waals surface area contributed by atoms with E-state index in [4.69, 9.17) is 9.47 Å². The normalized spacial score (nSPS) is 18.3. The Morgan fingerprint density at radius 3 is 1.72 bits per heavy atom. The first-order chi connectivity index (χ1) is 13.4. The molecule has 0 spiro atoms. The molecule has 0 amide bonds. The van der Waals surface area contributed by atoms with E-state index >= 15 is 0 Å². The van der Waals surface area contributed by atoms with E-state index in [9.17, 15) is 9.59 Å². The maximum absolute atomic E-state index is 12.8. The van der Waals surface area contributed by atoms with E-state index in [2.05, 4.69) is 53.0 Å². The molecule has 2 rings (SSSR count). The first kappa shape index (κ1) is 23.2. The lowest BCUT2D eigenvalue weighted by Crippen LogP contribution is -2.48. The second kappa shape index (κ2) is 8.75. The highest BCUT2D eigenvalue weighted by atomic mass is 28.3. The predicted molar refractivity (Wildman–Crippen MR) is 118 cm³/mol. The van der Waals surface area contributed by atoms with Gasteiger partial charge < -0.3 is 9.47 Å². The molecule has 1 aromatic rings. The predicted octanol–water partition coefficient (Wildman–Crippen LogP) is 5.44. The van der Waals surface area contributed by atoms with Crippen LogP contribution in [0, 0.1) is 17.4 Å². The van der Waals surface area contributed by atoms with Crippen molar-refractivity contribution >= 4 is 20.0 Å². The number of rotatable bonds is 5. The minimum Gasteiger partial charge on any atom is -0.422 e. The lowest BCUT2D eigenvalue weighted by Gasteiger charge is -2.38. The second-order valence-corrected chi connectivity index (χ2v) is 14.9. The number of ether oxygens (including phenoxy) is 2. The summed E-state index contributed by atoms with van der Waals surface area (Å²) >= 11 is 0. The van der Waals surface area contributed by atoms with Gasteiger partial charge in [0.05, 0.1) is 5.92 Å². The summed E-state index contributed by atoms with van der Waals surface area (Å²) in [5, 5.41) is 0. The summed E-state index contributed by atoms with van der Waals surface area (Å²) in [4.78, 5) is 25.6. The molecule has 0 aromatic heterocycles. The van der Waals surface area contributed by atoms with Crippen molar-refractivity contribution < 1.29 is 19.1 Å². The minimum absolute atomic E-state index is 0.454. The molecular formula is C24H34O4Si. The Hall–Kier alpha value is -2.06. The number of benzene rings is 1. The van der Waals surface area contributed by atoms with Crippen LogP contribution in [0.5, 0.6) is 0 Å². The third kappa shape index (κ3) is 4.75. The molecule has 29 heavy (non-hydrogen) atoms. The average Bonchev–Trinajstić information content (AvgIpc) is 2.58. The third-order valence-electron chi connectivity index (χ3n) is 6.00. The molecule has 1 fully saturated rings. The number of esters is 2. The van der Waals surface area contributed by atoms with Crippen LogP contribution in [-0.2, 0) is 19.1 Å². The van der Waals surface area contributed by atoms with E-state index in [-0.39, 0.29) is 0 Å². The Morgan fingerprint density at radius 2 is 1.31 bits per heavy atom. The first-order valence-corrected chi connectivity index (χ1v) is 12.7. The van der Waals surface area contributed by atoms with Gasteiger partial charge >= 0.3 is 11.9 Å². The van der Waals surface area contributed by atoms with E-state index in [1.165, 1.54) is 0 Å². The van der Waals surface area contributed by atoms with Crippen molar-refractivity contribution in [3.63, 3.8) is 0 Å². The molecule has 1 atom stereocenters. The topological polar surface area (TPSA) is 52.6 Å². The third-order valence-corrected chi connectivity index (χ3v) is 12.3. The van der Waals surface area contributed by atoms with Crippen LogP contribution in [0.3, 0.4) is 0 Å². The molecule has 1 aliphatic heterocycles. The highest BCUT2D eigenvalue weighted by Crippen LogP contribution is 2.41. The lowest BCUT2D eigenvalue weighted by molar-refractivity contribution is -0.240. The Kier molecular flexibility index (Phi) is 7.00. The zero-order valence-corrected chi connectivity index (χ0v) is 19.9. The molecule has 0 saturated carbocycles. The highest BCUT2D eigenvalue weighted by molar-refractivity contribution is 6.90. The fourth-order valence-corrected chi connectivity index (χ4v) is 9.93. The van der Waals surface area contributed by atoms with Crippen LogP contribution in [0.15, 0.2) is 30.3 Å². The molecule has 5 heteroatoms. The summed E-state index contributed by atoms with van der Waals surface area (Å²) in [6.45, 7) is 16.6. The largest absolute Gasteiger partial charge is 0.422 e. The van der Waals surface area contributed by atoms with E-state index in [0.717, 1.165) is 5.56 Å². The number of hydrogen-bond donors (Lipinski definition) is 0. The van der Waals surface area contributed by atoms with Crippen LogP contribution in [0.4, 0.5) is 0 Å². The van der Waals surface area contributed by atoms with Crippen molar-refractivity contribution in [3.05, 3.63) is 35.9 Å². The molecule has 4 nitrogen and oxygen atoms in total. The Balaban J connectivity index is 2.59. The molecule has 158 valence electrons. The molecule has 1 heterocycles. The monoisotopic (exact) mass is 414 g/mol. The number of carbonyl (C=O) groups is 2. The van der Waals surface area contributed by atoms with Crippen molar-refractivity contribution in [1.29, 1.82) is 0 Å². The van der Waals surface area contributed by atoms with Crippen molar-refractivity contribution in [2.45, 2.75) is 83.7 Å². The fourth-order valence-electron chi connectivity index (χ4n) is 4.66. The molecular weight excluding hydrogens is 380 g/mol. The summed E-state index contributed by atoms with van der Waals surface area (Å²) in [6.07, 6.45) is 0. The average molecular weight is 415 g/mol. The zero-order valence-electron chi connectivity index (χ0n) is 18.9. The summed E-state index contributed by atoms with van der Waals surface area (Å²) in [6, 6.07) is 9.51. The molecule has 0 unspecified atom stereocenters. The van der Waals surface area contributed by atoms with Gasteiger partial charge in [-0.1, -0.05) is 71.9 Å². The highest BCUT2D eigenvalue weighted by Gasteiger charge is 2.48. The van der Waals surface area contributed by atoms with Gasteiger partial charge in [0, 0.05) is 13.8 Å². The molecule has 1 aromatic carbocycles. The molecule has 1 aliphatic rings. The number of carbonyl (C=O) groups excluding carboxylic acids is 2. The zero-order chi connectivity index (χ0) is 22.0. The maximum atomic E-state index is 12.8. The van der Waals surface area contributed by atoms with Gasteiger partial charge in [0.15, 0.2) is 5.92 Å². The standard InChI is InChI=1S/C24H34O4Si/c1-16(2)29(17(3)4,18(5)6)15-14-20(19-12-10-9-11-13-19)21-22(25)27-24(7,8)28-23(21)26/h9-13,16-18,20-21H,1-8H3/t20-/m0/s1. The molecule has 0 aliphatic carbocycles. The van der Waals surface area contributed by atoms with Gasteiger partial charge in [-0.05, 0) is 22.2 Å². The van der Waals surface area contributed by atoms with E-state index in [1.807, 2.05) is 30.3 Å². The molecule has 0 bridgehead atoms. The van der Waals surface area contributed by atoms with Gasteiger partial charge in [-0.15, -0.1) is 11.5 Å². The quantitative estimate of drug-likeness (QED) is 0.278. The van der Waals surface area contributed by atoms with E-state index < -0.39 is 37.6 Å². The van der Waals surface area contributed by atoms with Crippen molar-refractivity contribution in [1.82, 2.24) is 0 Å².